The predicted molar refractivity (Wildman–Crippen MR) is 122 cm³/mol. The molecule has 7 nitrogen and oxygen atoms in total. The first-order chi connectivity index (χ1) is 15.0. The molecular weight excluding hydrogens is 428 g/mol. The van der Waals surface area contributed by atoms with Crippen molar-refractivity contribution >= 4 is 14.3 Å². The van der Waals surface area contributed by atoms with Crippen LogP contribution in [0.2, 0.25) is 18.1 Å². The van der Waals surface area contributed by atoms with Gasteiger partial charge in [0.05, 0.1) is 25.9 Å². The molecule has 2 aliphatic rings. The number of ether oxygens (including phenoxy) is 4. The van der Waals surface area contributed by atoms with E-state index >= 15 is 0 Å². The Labute approximate surface area is 192 Å². The molecule has 0 spiro atoms. The molecule has 1 aliphatic heterocycles. The molecule has 180 valence electrons. The van der Waals surface area contributed by atoms with E-state index in [1.807, 2.05) is 30.3 Å². The number of methoxy groups -OCH3 is 1. The number of carbonyl (C=O) groups excluding carboxylic acids is 1. The Bertz CT molecular complexity index is 763. The quantitative estimate of drug-likeness (QED) is 0.268. The summed E-state index contributed by atoms with van der Waals surface area (Å²) in [6.07, 6.45) is -0.457. The second-order valence-electron chi connectivity index (χ2n) is 10.5. The van der Waals surface area contributed by atoms with Gasteiger partial charge in [0.25, 0.3) is 0 Å². The Morgan fingerprint density at radius 1 is 1.22 bits per heavy atom. The van der Waals surface area contributed by atoms with E-state index in [9.17, 15) is 9.90 Å². The number of carbonyl (C=O) groups is 1. The summed E-state index contributed by atoms with van der Waals surface area (Å²) in [6, 6.07) is 9.86. The van der Waals surface area contributed by atoms with E-state index < -0.39 is 26.3 Å². The summed E-state index contributed by atoms with van der Waals surface area (Å²) in [6.45, 7) is 11.2. The second-order valence-corrected chi connectivity index (χ2v) is 15.2. The molecule has 1 saturated heterocycles. The van der Waals surface area contributed by atoms with Gasteiger partial charge < -0.3 is 28.5 Å². The maximum absolute atomic E-state index is 13.1. The standard InChI is InChI=1S/C24H38O7Si/c1-23(2,3)32(5,6)31-24(22(26)27-4)13-18-12-20(25)30-21(18)19(14-24)29-16-28-15-17-10-8-7-9-11-17/h7-11,18-21,25H,12-16H2,1-6H3/t18-,19-,20?,21-,24+/m1/s1. The Balaban J connectivity index is 1.76. The maximum Gasteiger partial charge on any atom is 0.337 e. The zero-order valence-corrected chi connectivity index (χ0v) is 21.1. The second kappa shape index (κ2) is 9.91. The first kappa shape index (κ1) is 25.3. The van der Waals surface area contributed by atoms with Gasteiger partial charge >= 0.3 is 5.97 Å². The summed E-state index contributed by atoms with van der Waals surface area (Å²) in [7, 11) is -0.915. The number of aliphatic hydroxyl groups is 1. The van der Waals surface area contributed by atoms with E-state index in [-0.39, 0.29) is 29.8 Å². The van der Waals surface area contributed by atoms with Crippen molar-refractivity contribution in [2.24, 2.45) is 5.92 Å². The molecule has 0 bridgehead atoms. The lowest BCUT2D eigenvalue weighted by atomic mass is 9.74. The smallest absolute Gasteiger partial charge is 0.337 e. The van der Waals surface area contributed by atoms with Crippen LogP contribution < -0.4 is 0 Å². The van der Waals surface area contributed by atoms with E-state index in [0.29, 0.717) is 25.9 Å². The zero-order chi connectivity index (χ0) is 23.6. The molecule has 2 fully saturated rings. The normalized spacial score (nSPS) is 30.7. The molecule has 1 aliphatic carbocycles. The summed E-state index contributed by atoms with van der Waals surface area (Å²) in [5, 5.41) is 10.1. The average Bonchev–Trinajstić information content (AvgIpc) is 3.10. The number of benzene rings is 1. The van der Waals surface area contributed by atoms with Crippen molar-refractivity contribution < 1.29 is 33.3 Å². The minimum atomic E-state index is -2.31. The zero-order valence-electron chi connectivity index (χ0n) is 20.1. The number of rotatable bonds is 8. The van der Waals surface area contributed by atoms with Crippen molar-refractivity contribution in [3.8, 4) is 0 Å². The summed E-state index contributed by atoms with van der Waals surface area (Å²) in [5.41, 5.74) is -0.0773. The molecular formula is C24H38O7Si. The highest BCUT2D eigenvalue weighted by molar-refractivity contribution is 6.74. The van der Waals surface area contributed by atoms with Crippen molar-refractivity contribution in [1.29, 1.82) is 0 Å². The van der Waals surface area contributed by atoms with E-state index in [1.165, 1.54) is 7.11 Å². The molecule has 0 aromatic heterocycles. The molecule has 0 radical (unpaired) electrons. The Kier molecular flexibility index (Phi) is 7.84. The Morgan fingerprint density at radius 2 is 1.91 bits per heavy atom. The van der Waals surface area contributed by atoms with E-state index in [1.54, 1.807) is 0 Å². The maximum atomic E-state index is 13.1. The summed E-state index contributed by atoms with van der Waals surface area (Å²) >= 11 is 0. The topological polar surface area (TPSA) is 83.5 Å². The largest absolute Gasteiger partial charge is 0.467 e. The lowest BCUT2D eigenvalue weighted by Crippen LogP contribution is -2.60. The van der Waals surface area contributed by atoms with Gasteiger partial charge in [-0.25, -0.2) is 4.79 Å². The third-order valence-corrected chi connectivity index (χ3v) is 11.6. The summed E-state index contributed by atoms with van der Waals surface area (Å²) in [4.78, 5) is 13.1. The van der Waals surface area contributed by atoms with Gasteiger partial charge in [0.1, 0.15) is 6.79 Å². The van der Waals surface area contributed by atoms with Crippen LogP contribution in [-0.4, -0.2) is 57.4 Å². The third kappa shape index (κ3) is 5.60. The van der Waals surface area contributed by atoms with Crippen LogP contribution in [0.25, 0.3) is 0 Å². The minimum absolute atomic E-state index is 0.0551. The highest BCUT2D eigenvalue weighted by atomic mass is 28.4. The van der Waals surface area contributed by atoms with Gasteiger partial charge in [0.15, 0.2) is 20.2 Å². The lowest BCUT2D eigenvalue weighted by Gasteiger charge is -2.49. The molecule has 5 atom stereocenters. The fourth-order valence-corrected chi connectivity index (χ4v) is 5.96. The number of hydrogen-bond acceptors (Lipinski definition) is 7. The lowest BCUT2D eigenvalue weighted by molar-refractivity contribution is -0.207. The van der Waals surface area contributed by atoms with Crippen molar-refractivity contribution in [3.05, 3.63) is 35.9 Å². The molecule has 8 heteroatoms. The number of fused-ring (bicyclic) bond motifs is 1. The number of aliphatic hydroxyl groups excluding tert-OH is 1. The van der Waals surface area contributed by atoms with Crippen molar-refractivity contribution in [3.63, 3.8) is 0 Å². The molecule has 32 heavy (non-hydrogen) atoms. The summed E-state index contributed by atoms with van der Waals surface area (Å²) < 4.78 is 29.5. The first-order valence-corrected chi connectivity index (χ1v) is 14.2. The van der Waals surface area contributed by atoms with Crippen LogP contribution in [0.15, 0.2) is 30.3 Å². The highest BCUT2D eigenvalue weighted by Crippen LogP contribution is 2.48. The van der Waals surface area contributed by atoms with Gasteiger partial charge in [0.2, 0.25) is 0 Å². The fraction of sp³-hybridized carbons (Fsp3) is 0.708. The molecule has 1 unspecified atom stereocenters. The van der Waals surface area contributed by atoms with Gasteiger partial charge in [-0.1, -0.05) is 51.1 Å². The van der Waals surface area contributed by atoms with Gasteiger partial charge in [-0.3, -0.25) is 0 Å². The first-order valence-electron chi connectivity index (χ1n) is 11.3. The van der Waals surface area contributed by atoms with E-state index in [4.69, 9.17) is 23.4 Å². The van der Waals surface area contributed by atoms with E-state index in [0.717, 1.165) is 5.56 Å². The molecule has 0 amide bonds. The predicted octanol–water partition coefficient (Wildman–Crippen LogP) is 4.00. The SMILES string of the molecule is COC(=O)[C@]1(O[Si](C)(C)C(C)(C)C)C[C@H]2CC(O)O[C@H]2[C@H](OCOCc2ccccc2)C1. The monoisotopic (exact) mass is 466 g/mol. The van der Waals surface area contributed by atoms with Gasteiger partial charge in [-0.15, -0.1) is 0 Å². The minimum Gasteiger partial charge on any atom is -0.467 e. The Hall–Kier alpha value is -1.29. The molecule has 3 rings (SSSR count). The summed E-state index contributed by atoms with van der Waals surface area (Å²) in [5.74, 6) is -0.456. The van der Waals surface area contributed by atoms with Gasteiger partial charge in [0, 0.05) is 12.8 Å². The van der Waals surface area contributed by atoms with E-state index in [2.05, 4.69) is 33.9 Å². The third-order valence-electron chi connectivity index (χ3n) is 7.06. The fourth-order valence-electron chi connectivity index (χ4n) is 4.42. The molecule has 1 N–H and O–H groups in total. The van der Waals surface area contributed by atoms with Crippen LogP contribution in [0.5, 0.6) is 0 Å². The number of esters is 1. The highest BCUT2D eigenvalue weighted by Gasteiger charge is 2.58. The van der Waals surface area contributed by atoms with Crippen molar-refractivity contribution in [2.45, 2.75) is 88.9 Å². The van der Waals surface area contributed by atoms with Crippen LogP contribution >= 0.6 is 0 Å². The van der Waals surface area contributed by atoms with Crippen LogP contribution in [0, 0.1) is 5.92 Å². The van der Waals surface area contributed by atoms with Crippen LogP contribution in [0.3, 0.4) is 0 Å². The van der Waals surface area contributed by atoms with Crippen LogP contribution in [0.1, 0.15) is 45.6 Å². The van der Waals surface area contributed by atoms with Crippen LogP contribution in [0.4, 0.5) is 0 Å². The molecule has 1 heterocycles. The average molecular weight is 467 g/mol. The van der Waals surface area contributed by atoms with Crippen LogP contribution in [-0.2, 0) is 34.8 Å². The molecule has 1 aromatic rings. The van der Waals surface area contributed by atoms with Gasteiger partial charge in [-0.2, -0.15) is 0 Å². The Morgan fingerprint density at radius 3 is 2.53 bits per heavy atom. The van der Waals surface area contributed by atoms with Crippen molar-refractivity contribution in [1.82, 2.24) is 0 Å². The van der Waals surface area contributed by atoms with Gasteiger partial charge in [-0.05, 0) is 36.0 Å². The molecule has 1 saturated carbocycles. The number of hydrogen-bond donors (Lipinski definition) is 1. The van der Waals surface area contributed by atoms with Crippen molar-refractivity contribution in [2.75, 3.05) is 13.9 Å². The molecule has 1 aromatic carbocycles.